The Morgan fingerprint density at radius 2 is 2.04 bits per heavy atom. The van der Waals surface area contributed by atoms with Crippen molar-refractivity contribution in [3.8, 4) is 0 Å². The Hall–Kier alpha value is -1.61. The van der Waals surface area contributed by atoms with Gasteiger partial charge in [0, 0.05) is 45.8 Å². The van der Waals surface area contributed by atoms with Gasteiger partial charge in [-0.05, 0) is 6.42 Å². The van der Waals surface area contributed by atoms with Gasteiger partial charge >= 0.3 is 0 Å². The Morgan fingerprint density at radius 3 is 2.64 bits per heavy atom. The molecule has 0 atom stereocenters. The molecule has 0 amide bonds. The number of nitrogens with one attached hydrogen (secondary N) is 1. The molecule has 1 saturated heterocycles. The largest absolute Gasteiger partial charge is 0.364 e. The Kier molecular flexibility index (Phi) is 7.70. The van der Waals surface area contributed by atoms with Gasteiger partial charge in [-0.1, -0.05) is 31.3 Å². The third-order valence-corrected chi connectivity index (χ3v) is 6.09. The third-order valence-electron chi connectivity index (χ3n) is 4.28. The number of hydrogen-bond acceptors (Lipinski definition) is 5. The second kappa shape index (κ2) is 9.76. The zero-order chi connectivity index (χ0) is 18.1. The average Bonchev–Trinajstić information content (AvgIpc) is 3.10. The lowest BCUT2D eigenvalue weighted by Crippen LogP contribution is -2.54. The van der Waals surface area contributed by atoms with Gasteiger partial charge in [0.25, 0.3) is 0 Å². The van der Waals surface area contributed by atoms with Crippen molar-refractivity contribution >= 4 is 16.0 Å². The molecular formula is C16H29N5O3S. The molecule has 1 aromatic rings. The van der Waals surface area contributed by atoms with E-state index in [0.717, 1.165) is 18.9 Å². The van der Waals surface area contributed by atoms with Crippen LogP contribution in [0.15, 0.2) is 21.8 Å². The van der Waals surface area contributed by atoms with Crippen LogP contribution in [0.4, 0.5) is 0 Å². The lowest BCUT2D eigenvalue weighted by atomic mass is 10.2. The highest BCUT2D eigenvalue weighted by molar-refractivity contribution is 7.88. The first-order chi connectivity index (χ1) is 12.1. The summed E-state index contributed by atoms with van der Waals surface area (Å²) in [6, 6.07) is 1.58. The van der Waals surface area contributed by atoms with E-state index in [2.05, 4.69) is 27.3 Å². The van der Waals surface area contributed by atoms with Crippen LogP contribution in [0.25, 0.3) is 0 Å². The average molecular weight is 372 g/mol. The molecule has 1 aromatic heterocycles. The molecule has 1 aliphatic heterocycles. The van der Waals surface area contributed by atoms with E-state index in [1.54, 1.807) is 13.1 Å². The van der Waals surface area contributed by atoms with E-state index in [1.807, 2.05) is 0 Å². The van der Waals surface area contributed by atoms with Gasteiger partial charge in [-0.25, -0.2) is 8.42 Å². The first-order valence-corrected chi connectivity index (χ1v) is 10.5. The van der Waals surface area contributed by atoms with Crippen LogP contribution in [0.3, 0.4) is 0 Å². The summed E-state index contributed by atoms with van der Waals surface area (Å²) in [5.41, 5.74) is 0.437. The summed E-state index contributed by atoms with van der Waals surface area (Å²) < 4.78 is 31.1. The molecule has 0 saturated carbocycles. The fourth-order valence-corrected chi connectivity index (χ4v) is 4.28. The molecule has 2 rings (SSSR count). The molecule has 0 bridgehead atoms. The normalized spacial score (nSPS) is 17.0. The van der Waals surface area contributed by atoms with Crippen LogP contribution in [0.5, 0.6) is 0 Å². The summed E-state index contributed by atoms with van der Waals surface area (Å²) in [4.78, 5) is 6.43. The lowest BCUT2D eigenvalue weighted by Gasteiger charge is -2.35. The summed E-state index contributed by atoms with van der Waals surface area (Å²) in [5.74, 6) is 0.735. The van der Waals surface area contributed by atoms with Gasteiger partial charge in [0.1, 0.15) is 12.0 Å². The number of hydrogen-bond donors (Lipinski definition) is 1. The van der Waals surface area contributed by atoms with Crippen LogP contribution in [-0.4, -0.2) is 68.5 Å². The monoisotopic (exact) mass is 371 g/mol. The summed E-state index contributed by atoms with van der Waals surface area (Å²) in [6.45, 7) is 5.27. The zero-order valence-corrected chi connectivity index (χ0v) is 16.0. The summed E-state index contributed by atoms with van der Waals surface area (Å²) in [6.07, 6.45) is 6.20. The highest BCUT2D eigenvalue weighted by Gasteiger charge is 2.28. The van der Waals surface area contributed by atoms with E-state index in [0.29, 0.717) is 31.9 Å². The number of unbranched alkanes of at least 4 members (excludes halogenated alkanes) is 3. The van der Waals surface area contributed by atoms with Gasteiger partial charge < -0.3 is 14.7 Å². The summed E-state index contributed by atoms with van der Waals surface area (Å²) in [5, 5.41) is 7.06. The van der Waals surface area contributed by atoms with Crippen LogP contribution >= 0.6 is 0 Å². The predicted molar refractivity (Wildman–Crippen MR) is 97.8 cm³/mol. The molecule has 9 heteroatoms. The van der Waals surface area contributed by atoms with E-state index in [4.69, 9.17) is 4.52 Å². The van der Waals surface area contributed by atoms with Gasteiger partial charge in [-0.3, -0.25) is 4.99 Å². The summed E-state index contributed by atoms with van der Waals surface area (Å²) in [7, 11) is -1.60. The Morgan fingerprint density at radius 1 is 1.28 bits per heavy atom. The molecule has 1 aliphatic rings. The van der Waals surface area contributed by atoms with Crippen molar-refractivity contribution in [2.24, 2.45) is 4.99 Å². The SMILES string of the molecule is CCCCCCNC(=NC)N1CCN(S(=O)(=O)Cc2ccon2)CC1. The maximum absolute atomic E-state index is 12.5. The van der Waals surface area contributed by atoms with Crippen molar-refractivity contribution in [3.63, 3.8) is 0 Å². The molecule has 0 spiro atoms. The number of piperazine rings is 1. The van der Waals surface area contributed by atoms with Crippen LogP contribution in [0, 0.1) is 0 Å². The highest BCUT2D eigenvalue weighted by Crippen LogP contribution is 2.12. The second-order valence-electron chi connectivity index (χ2n) is 6.17. The first-order valence-electron chi connectivity index (χ1n) is 8.89. The number of rotatable bonds is 8. The Balaban J connectivity index is 1.79. The van der Waals surface area contributed by atoms with Gasteiger partial charge in [0.05, 0.1) is 5.69 Å². The Bertz CT molecular complexity index is 622. The minimum absolute atomic E-state index is 0.117. The van der Waals surface area contributed by atoms with Gasteiger partial charge in [0.15, 0.2) is 5.96 Å². The smallest absolute Gasteiger partial charge is 0.220 e. The van der Waals surface area contributed by atoms with Crippen molar-refractivity contribution in [2.45, 2.75) is 38.4 Å². The van der Waals surface area contributed by atoms with Crippen LogP contribution in [-0.2, 0) is 15.8 Å². The standard InChI is InChI=1S/C16H29N5O3S/c1-3-4-5-6-8-18-16(17-2)20-9-11-21(12-10-20)25(22,23)14-15-7-13-24-19-15/h7,13H,3-6,8-12,14H2,1-2H3,(H,17,18). The minimum Gasteiger partial charge on any atom is -0.364 e. The molecule has 25 heavy (non-hydrogen) atoms. The van der Waals surface area contributed by atoms with E-state index in [1.165, 1.54) is 29.8 Å². The summed E-state index contributed by atoms with van der Waals surface area (Å²) >= 11 is 0. The highest BCUT2D eigenvalue weighted by atomic mass is 32.2. The maximum Gasteiger partial charge on any atom is 0.220 e. The Labute approximate surface area is 150 Å². The molecule has 0 radical (unpaired) electrons. The molecule has 142 valence electrons. The number of nitrogens with zero attached hydrogens (tertiary/aromatic N) is 4. The number of sulfonamides is 1. The maximum atomic E-state index is 12.5. The number of aliphatic imine (C=N–C) groups is 1. The third kappa shape index (κ3) is 6.00. The molecule has 2 heterocycles. The van der Waals surface area contributed by atoms with Crippen LogP contribution < -0.4 is 5.32 Å². The van der Waals surface area contributed by atoms with Crippen molar-refractivity contribution in [3.05, 3.63) is 18.0 Å². The van der Waals surface area contributed by atoms with E-state index in [-0.39, 0.29) is 5.75 Å². The predicted octanol–water partition coefficient (Wildman–Crippen LogP) is 1.28. The molecule has 8 nitrogen and oxygen atoms in total. The van der Waals surface area contributed by atoms with Crippen LogP contribution in [0.1, 0.15) is 38.3 Å². The number of guanidine groups is 1. The molecule has 1 N–H and O–H groups in total. The topological polar surface area (TPSA) is 91.0 Å². The second-order valence-corrected chi connectivity index (χ2v) is 8.14. The molecular weight excluding hydrogens is 342 g/mol. The van der Waals surface area contributed by atoms with Crippen LogP contribution in [0.2, 0.25) is 0 Å². The molecule has 0 unspecified atom stereocenters. The fraction of sp³-hybridized carbons (Fsp3) is 0.750. The molecule has 1 fully saturated rings. The van der Waals surface area contributed by atoms with Crippen molar-refractivity contribution < 1.29 is 12.9 Å². The van der Waals surface area contributed by atoms with E-state index < -0.39 is 10.0 Å². The van der Waals surface area contributed by atoms with Gasteiger partial charge in [-0.15, -0.1) is 0 Å². The van der Waals surface area contributed by atoms with Crippen molar-refractivity contribution in [2.75, 3.05) is 39.8 Å². The van der Waals surface area contributed by atoms with Crippen molar-refractivity contribution in [1.82, 2.24) is 19.7 Å². The lowest BCUT2D eigenvalue weighted by molar-refractivity contribution is 0.260. The van der Waals surface area contributed by atoms with Gasteiger partial charge in [-0.2, -0.15) is 4.31 Å². The van der Waals surface area contributed by atoms with Gasteiger partial charge in [0.2, 0.25) is 10.0 Å². The zero-order valence-electron chi connectivity index (χ0n) is 15.1. The first kappa shape index (κ1) is 19.7. The molecule has 0 aliphatic carbocycles. The molecule has 0 aromatic carbocycles. The fourth-order valence-electron chi connectivity index (χ4n) is 2.85. The van der Waals surface area contributed by atoms with E-state index >= 15 is 0 Å². The van der Waals surface area contributed by atoms with Crippen molar-refractivity contribution in [1.29, 1.82) is 0 Å². The quantitative estimate of drug-likeness (QED) is 0.420. The number of aromatic nitrogens is 1. The minimum atomic E-state index is -3.37. The van der Waals surface area contributed by atoms with E-state index in [9.17, 15) is 8.42 Å².